The summed E-state index contributed by atoms with van der Waals surface area (Å²) in [4.78, 5) is 15.5. The number of hydrogen-bond donors (Lipinski definition) is 2. The molecule has 0 spiro atoms. The number of rotatable bonds is 2. The zero-order valence-corrected chi connectivity index (χ0v) is 12.8. The van der Waals surface area contributed by atoms with Crippen LogP contribution in [0, 0.1) is 5.92 Å². The third kappa shape index (κ3) is 3.94. The number of fused-ring (bicyclic) bond motifs is 1. The number of anilines is 1. The molecule has 2 N–H and O–H groups in total. The predicted molar refractivity (Wildman–Crippen MR) is 80.5 cm³/mol. The van der Waals surface area contributed by atoms with Gasteiger partial charge in [-0.1, -0.05) is 0 Å². The Labute approximate surface area is 136 Å². The Bertz CT molecular complexity index is 696. The smallest absolute Gasteiger partial charge is 0.433 e. The standard InChI is InChI=1S/C14H14F3N3O2.ClH/c15-14(16,17)13-20-10-6-9(3-4-11(10)22-13)19-12(21)8-2-1-5-18-7-8;/h3-4,6,8,18H,1-2,5,7H2,(H,19,21);1H. The summed E-state index contributed by atoms with van der Waals surface area (Å²) < 4.78 is 42.3. The maximum Gasteiger partial charge on any atom is 0.468 e. The Balaban J connectivity index is 0.00000192. The second-order valence-electron chi connectivity index (χ2n) is 5.23. The van der Waals surface area contributed by atoms with Gasteiger partial charge in [-0.25, -0.2) is 4.98 Å². The topological polar surface area (TPSA) is 67.2 Å². The molecule has 0 saturated carbocycles. The average molecular weight is 350 g/mol. The minimum atomic E-state index is -4.63. The van der Waals surface area contributed by atoms with E-state index in [1.54, 1.807) is 0 Å². The minimum Gasteiger partial charge on any atom is -0.433 e. The zero-order valence-electron chi connectivity index (χ0n) is 11.9. The number of benzene rings is 1. The number of nitrogens with zero attached hydrogens (tertiary/aromatic N) is 1. The Hall–Kier alpha value is -1.80. The number of alkyl halides is 3. The molecule has 1 aliphatic rings. The number of hydrogen-bond acceptors (Lipinski definition) is 4. The summed E-state index contributed by atoms with van der Waals surface area (Å²) in [5.41, 5.74) is 0.502. The second-order valence-corrected chi connectivity index (χ2v) is 5.23. The van der Waals surface area contributed by atoms with Crippen LogP contribution in [0.1, 0.15) is 18.7 Å². The number of halogens is 4. The van der Waals surface area contributed by atoms with Crippen LogP contribution >= 0.6 is 12.4 Å². The fraction of sp³-hybridized carbons (Fsp3) is 0.429. The molecule has 0 radical (unpaired) electrons. The van der Waals surface area contributed by atoms with Crippen molar-refractivity contribution in [1.82, 2.24) is 10.3 Å². The van der Waals surface area contributed by atoms with Crippen LogP contribution in [0.15, 0.2) is 22.6 Å². The molecule has 0 bridgehead atoms. The molecule has 1 aliphatic heterocycles. The number of piperidine rings is 1. The van der Waals surface area contributed by atoms with Gasteiger partial charge in [-0.2, -0.15) is 13.2 Å². The summed E-state index contributed by atoms with van der Waals surface area (Å²) in [6.45, 7) is 1.51. The van der Waals surface area contributed by atoms with E-state index >= 15 is 0 Å². The van der Waals surface area contributed by atoms with Gasteiger partial charge in [-0.3, -0.25) is 4.79 Å². The van der Waals surface area contributed by atoms with Crippen LogP contribution in [0.4, 0.5) is 18.9 Å². The van der Waals surface area contributed by atoms with E-state index in [2.05, 4.69) is 20.0 Å². The number of oxazole rings is 1. The number of aromatic nitrogens is 1. The first kappa shape index (κ1) is 17.6. The van der Waals surface area contributed by atoms with Crippen LogP contribution < -0.4 is 10.6 Å². The summed E-state index contributed by atoms with van der Waals surface area (Å²) in [5.74, 6) is -1.57. The Morgan fingerprint density at radius 2 is 2.17 bits per heavy atom. The third-order valence-electron chi connectivity index (χ3n) is 3.57. The molecule has 1 saturated heterocycles. The van der Waals surface area contributed by atoms with Crippen LogP contribution in [0.2, 0.25) is 0 Å². The molecule has 1 aromatic carbocycles. The second kappa shape index (κ2) is 6.76. The molecule has 2 aromatic rings. The van der Waals surface area contributed by atoms with E-state index in [1.165, 1.54) is 18.2 Å². The number of nitrogens with one attached hydrogen (secondary N) is 2. The highest BCUT2D eigenvalue weighted by molar-refractivity contribution is 5.94. The summed E-state index contributed by atoms with van der Waals surface area (Å²) >= 11 is 0. The van der Waals surface area contributed by atoms with Crippen molar-refractivity contribution < 1.29 is 22.4 Å². The molecule has 23 heavy (non-hydrogen) atoms. The van der Waals surface area contributed by atoms with Gasteiger partial charge in [-0.15, -0.1) is 12.4 Å². The van der Waals surface area contributed by atoms with E-state index in [4.69, 9.17) is 0 Å². The highest BCUT2D eigenvalue weighted by atomic mass is 35.5. The van der Waals surface area contributed by atoms with Gasteiger partial charge in [0.2, 0.25) is 5.91 Å². The lowest BCUT2D eigenvalue weighted by molar-refractivity contribution is -0.156. The van der Waals surface area contributed by atoms with E-state index in [0.717, 1.165) is 19.4 Å². The van der Waals surface area contributed by atoms with Gasteiger partial charge in [0.15, 0.2) is 5.58 Å². The molecule has 3 rings (SSSR count). The molecule has 9 heteroatoms. The van der Waals surface area contributed by atoms with Crippen molar-refractivity contribution in [2.24, 2.45) is 5.92 Å². The molecule has 1 atom stereocenters. The van der Waals surface area contributed by atoms with Crippen LogP contribution in [0.3, 0.4) is 0 Å². The predicted octanol–water partition coefficient (Wildman–Crippen LogP) is 3.21. The highest BCUT2D eigenvalue weighted by Crippen LogP contribution is 2.31. The highest BCUT2D eigenvalue weighted by Gasteiger charge is 2.37. The van der Waals surface area contributed by atoms with Crippen molar-refractivity contribution in [1.29, 1.82) is 0 Å². The maximum absolute atomic E-state index is 12.5. The molecular weight excluding hydrogens is 335 g/mol. The van der Waals surface area contributed by atoms with Gasteiger partial charge in [0.25, 0.3) is 0 Å². The fourth-order valence-electron chi connectivity index (χ4n) is 2.45. The van der Waals surface area contributed by atoms with E-state index in [0.29, 0.717) is 12.2 Å². The largest absolute Gasteiger partial charge is 0.468 e. The van der Waals surface area contributed by atoms with E-state index in [9.17, 15) is 18.0 Å². The van der Waals surface area contributed by atoms with Crippen molar-refractivity contribution in [3.8, 4) is 0 Å². The fourth-order valence-corrected chi connectivity index (χ4v) is 2.45. The lowest BCUT2D eigenvalue weighted by Crippen LogP contribution is -2.37. The van der Waals surface area contributed by atoms with E-state index in [1.807, 2.05) is 0 Å². The third-order valence-corrected chi connectivity index (χ3v) is 3.57. The normalized spacial score (nSPS) is 18.5. The summed E-state index contributed by atoms with van der Waals surface area (Å²) in [6, 6.07) is 4.25. The SMILES string of the molecule is Cl.O=C(Nc1ccc2oc(C(F)(F)F)nc2c1)C1CCCNC1. The molecule has 0 aliphatic carbocycles. The number of carbonyl (C=O) groups is 1. The van der Waals surface area contributed by atoms with Gasteiger partial charge in [-0.05, 0) is 37.6 Å². The number of amides is 1. The quantitative estimate of drug-likeness (QED) is 0.873. The van der Waals surface area contributed by atoms with Gasteiger partial charge in [0.05, 0.1) is 5.92 Å². The summed E-state index contributed by atoms with van der Waals surface area (Å²) in [6.07, 6.45) is -2.91. The van der Waals surface area contributed by atoms with E-state index < -0.39 is 12.1 Å². The minimum absolute atomic E-state index is 0. The van der Waals surface area contributed by atoms with Crippen molar-refractivity contribution in [2.75, 3.05) is 18.4 Å². The number of carbonyl (C=O) groups excluding carboxylic acids is 1. The monoisotopic (exact) mass is 349 g/mol. The summed E-state index contributed by atoms with van der Waals surface area (Å²) in [7, 11) is 0. The Kier molecular flexibility index (Phi) is 5.16. The molecule has 1 unspecified atom stereocenters. The van der Waals surface area contributed by atoms with Gasteiger partial charge in [0.1, 0.15) is 5.52 Å². The Morgan fingerprint density at radius 1 is 1.39 bits per heavy atom. The first-order chi connectivity index (χ1) is 10.4. The zero-order chi connectivity index (χ0) is 15.7. The molecule has 1 amide bonds. The molecule has 1 fully saturated rings. The lowest BCUT2D eigenvalue weighted by Gasteiger charge is -2.21. The van der Waals surface area contributed by atoms with Crippen LogP contribution in [0.5, 0.6) is 0 Å². The summed E-state index contributed by atoms with van der Waals surface area (Å²) in [5, 5.41) is 5.85. The van der Waals surface area contributed by atoms with Gasteiger partial charge >= 0.3 is 12.1 Å². The van der Waals surface area contributed by atoms with Crippen molar-refractivity contribution in [3.63, 3.8) is 0 Å². The van der Waals surface area contributed by atoms with Crippen LogP contribution in [0.25, 0.3) is 11.1 Å². The first-order valence-electron chi connectivity index (χ1n) is 6.93. The lowest BCUT2D eigenvalue weighted by atomic mass is 9.99. The van der Waals surface area contributed by atoms with Gasteiger partial charge < -0.3 is 15.1 Å². The molecule has 5 nitrogen and oxygen atoms in total. The average Bonchev–Trinajstić information content (AvgIpc) is 2.91. The van der Waals surface area contributed by atoms with Crippen LogP contribution in [-0.2, 0) is 11.0 Å². The van der Waals surface area contributed by atoms with Gasteiger partial charge in [0, 0.05) is 12.2 Å². The first-order valence-corrected chi connectivity index (χ1v) is 6.93. The molecule has 1 aromatic heterocycles. The maximum atomic E-state index is 12.5. The van der Waals surface area contributed by atoms with Crippen molar-refractivity contribution in [3.05, 3.63) is 24.1 Å². The molecule has 126 valence electrons. The van der Waals surface area contributed by atoms with E-state index in [-0.39, 0.29) is 35.3 Å². The molecular formula is C14H15ClF3N3O2. The Morgan fingerprint density at radius 3 is 2.83 bits per heavy atom. The van der Waals surface area contributed by atoms with Crippen LogP contribution in [-0.4, -0.2) is 24.0 Å². The molecule has 2 heterocycles. The van der Waals surface area contributed by atoms with Crippen molar-refractivity contribution in [2.45, 2.75) is 19.0 Å². The van der Waals surface area contributed by atoms with Crippen molar-refractivity contribution >= 4 is 35.1 Å².